The van der Waals surface area contributed by atoms with Gasteiger partial charge in [-0.2, -0.15) is 0 Å². The van der Waals surface area contributed by atoms with Crippen molar-refractivity contribution in [3.05, 3.63) is 124 Å². The number of halogens is 1. The number of β-amino-alcohol motifs (C(OH)–C–C–N with tert-alkyl or cyclic N) is 1. The van der Waals surface area contributed by atoms with E-state index in [9.17, 15) is 9.50 Å². The van der Waals surface area contributed by atoms with Crippen molar-refractivity contribution in [1.82, 2.24) is 10.1 Å². The number of para-hydroxylation sites is 1. The monoisotopic (exact) mass is 554 g/mol. The van der Waals surface area contributed by atoms with Crippen LogP contribution in [0.4, 0.5) is 4.39 Å². The number of aliphatic hydroxyl groups excluding tert-OH is 1. The van der Waals surface area contributed by atoms with Crippen molar-refractivity contribution < 1.29 is 23.5 Å². The van der Waals surface area contributed by atoms with Gasteiger partial charge in [0.1, 0.15) is 18.4 Å². The Morgan fingerprint density at radius 3 is 2.32 bits per heavy atom. The number of nitrogens with zero attached hydrogens (tertiary/aromatic N) is 2. The van der Waals surface area contributed by atoms with Crippen LogP contribution in [0.15, 0.2) is 95.0 Å². The minimum Gasteiger partial charge on any atom is -0.487 e. The van der Waals surface area contributed by atoms with Crippen molar-refractivity contribution in [3.8, 4) is 5.75 Å². The Hall–Kier alpha value is -4.04. The Morgan fingerprint density at radius 2 is 1.66 bits per heavy atom. The minimum atomic E-state index is -0.759. The van der Waals surface area contributed by atoms with Gasteiger partial charge < -0.3 is 19.1 Å². The molecule has 1 atom stereocenters. The van der Waals surface area contributed by atoms with Gasteiger partial charge in [0, 0.05) is 38.4 Å². The molecule has 4 aromatic rings. The van der Waals surface area contributed by atoms with E-state index in [-0.39, 0.29) is 12.4 Å². The molecule has 6 nitrogen and oxygen atoms in total. The summed E-state index contributed by atoms with van der Waals surface area (Å²) in [4.78, 5) is 2.24. The fourth-order valence-electron chi connectivity index (χ4n) is 5.17. The van der Waals surface area contributed by atoms with E-state index in [1.165, 1.54) is 28.3 Å². The van der Waals surface area contributed by atoms with E-state index >= 15 is 0 Å². The molecular weight excluding hydrogens is 519 g/mol. The number of methoxy groups -OCH3 is 1. The molecule has 0 amide bonds. The SMILES string of the molecule is COCc1cc(/C=C/c2cccc(F)c2OCC(O)CN2CCC(=C(c3ccccc3)c3ccccc3)CC2)on1. The maximum Gasteiger partial charge on any atom is 0.165 e. The highest BCUT2D eigenvalue weighted by atomic mass is 19.1. The Kier molecular flexibility index (Phi) is 9.75. The summed E-state index contributed by atoms with van der Waals surface area (Å²) in [6, 6.07) is 27.5. The molecule has 0 spiro atoms. The summed E-state index contributed by atoms with van der Waals surface area (Å²) < 4.78 is 30.8. The van der Waals surface area contributed by atoms with Crippen LogP contribution in [0.5, 0.6) is 5.75 Å². The quantitative estimate of drug-likeness (QED) is 0.229. The lowest BCUT2D eigenvalue weighted by Gasteiger charge is -2.31. The standard InChI is InChI=1S/C34H35FN2O4/c1-39-23-29-21-31(41-36-29)16-15-28-13-8-14-32(35)34(28)40-24-30(38)22-37-19-17-27(18-20-37)33(25-9-4-2-5-10-25)26-11-6-3-7-12-26/h2-16,21,30,38H,17-20,22-24H2,1H3/b16-15+. The van der Waals surface area contributed by atoms with Crippen LogP contribution in [0.1, 0.15) is 41.0 Å². The van der Waals surface area contributed by atoms with Gasteiger partial charge in [-0.1, -0.05) is 83.5 Å². The van der Waals surface area contributed by atoms with Gasteiger partial charge in [-0.25, -0.2) is 4.39 Å². The molecule has 1 fully saturated rings. The molecule has 7 heteroatoms. The van der Waals surface area contributed by atoms with Crippen molar-refractivity contribution in [2.45, 2.75) is 25.6 Å². The maximum absolute atomic E-state index is 14.7. The maximum atomic E-state index is 14.7. The second-order valence-corrected chi connectivity index (χ2v) is 10.1. The topological polar surface area (TPSA) is 68.0 Å². The molecule has 0 aliphatic carbocycles. The third-order valence-electron chi connectivity index (χ3n) is 7.12. The first-order valence-corrected chi connectivity index (χ1v) is 13.9. The number of likely N-dealkylation sites (tertiary alicyclic amines) is 1. The highest BCUT2D eigenvalue weighted by molar-refractivity contribution is 5.82. The van der Waals surface area contributed by atoms with E-state index in [0.29, 0.717) is 30.2 Å². The van der Waals surface area contributed by atoms with Gasteiger partial charge in [0.15, 0.2) is 17.3 Å². The van der Waals surface area contributed by atoms with E-state index in [0.717, 1.165) is 25.9 Å². The van der Waals surface area contributed by atoms with Crippen molar-refractivity contribution in [1.29, 1.82) is 0 Å². The zero-order chi connectivity index (χ0) is 28.4. The lowest BCUT2D eigenvalue weighted by Crippen LogP contribution is -2.39. The summed E-state index contributed by atoms with van der Waals surface area (Å²) in [5.74, 6) is 0.131. The highest BCUT2D eigenvalue weighted by Gasteiger charge is 2.21. The van der Waals surface area contributed by atoms with Crippen LogP contribution in [-0.2, 0) is 11.3 Å². The number of ether oxygens (including phenoxy) is 2. The predicted octanol–water partition coefficient (Wildman–Crippen LogP) is 6.47. The third-order valence-corrected chi connectivity index (χ3v) is 7.12. The third kappa shape index (κ3) is 7.58. The van der Waals surface area contributed by atoms with E-state index in [1.807, 2.05) is 12.1 Å². The average Bonchev–Trinajstić information content (AvgIpc) is 3.45. The number of aliphatic hydroxyl groups is 1. The zero-order valence-electron chi connectivity index (χ0n) is 23.2. The van der Waals surface area contributed by atoms with Crippen molar-refractivity contribution in [2.75, 3.05) is 33.4 Å². The summed E-state index contributed by atoms with van der Waals surface area (Å²) in [7, 11) is 1.59. The molecule has 2 heterocycles. The number of aromatic nitrogens is 1. The number of piperidine rings is 1. The van der Waals surface area contributed by atoms with E-state index in [1.54, 1.807) is 37.5 Å². The molecule has 1 unspecified atom stereocenters. The Morgan fingerprint density at radius 1 is 0.976 bits per heavy atom. The summed E-state index contributed by atoms with van der Waals surface area (Å²) in [5, 5.41) is 14.7. The second kappa shape index (κ2) is 14.0. The van der Waals surface area contributed by atoms with Gasteiger partial charge in [-0.05, 0) is 47.8 Å². The zero-order valence-corrected chi connectivity index (χ0v) is 23.2. The lowest BCUT2D eigenvalue weighted by molar-refractivity contribution is 0.0642. The van der Waals surface area contributed by atoms with Crippen LogP contribution in [0.2, 0.25) is 0 Å². The minimum absolute atomic E-state index is 0.0133. The molecular formula is C34H35FN2O4. The summed E-state index contributed by atoms with van der Waals surface area (Å²) in [5.41, 5.74) is 6.39. The molecule has 41 heavy (non-hydrogen) atoms. The van der Waals surface area contributed by atoms with Gasteiger partial charge in [0.25, 0.3) is 0 Å². The molecule has 1 saturated heterocycles. The predicted molar refractivity (Wildman–Crippen MR) is 159 cm³/mol. The normalized spacial score (nSPS) is 14.9. The molecule has 0 radical (unpaired) electrons. The molecule has 1 N–H and O–H groups in total. The van der Waals surface area contributed by atoms with Crippen LogP contribution in [0.25, 0.3) is 17.7 Å². The van der Waals surface area contributed by atoms with Crippen LogP contribution >= 0.6 is 0 Å². The second-order valence-electron chi connectivity index (χ2n) is 10.1. The Balaban J connectivity index is 1.19. The van der Waals surface area contributed by atoms with Gasteiger partial charge >= 0.3 is 0 Å². The highest BCUT2D eigenvalue weighted by Crippen LogP contribution is 2.32. The van der Waals surface area contributed by atoms with Gasteiger partial charge in [0.2, 0.25) is 0 Å². The smallest absolute Gasteiger partial charge is 0.165 e. The van der Waals surface area contributed by atoms with Crippen molar-refractivity contribution in [3.63, 3.8) is 0 Å². The molecule has 1 aliphatic heterocycles. The number of benzene rings is 3. The van der Waals surface area contributed by atoms with Gasteiger partial charge in [-0.3, -0.25) is 4.90 Å². The fraction of sp³-hybridized carbons (Fsp3) is 0.265. The molecule has 0 bridgehead atoms. The van der Waals surface area contributed by atoms with Crippen molar-refractivity contribution >= 4 is 17.7 Å². The van der Waals surface area contributed by atoms with E-state index in [4.69, 9.17) is 14.0 Å². The summed E-state index contributed by atoms with van der Waals surface area (Å²) in [6.45, 7) is 2.47. The van der Waals surface area contributed by atoms with Gasteiger partial charge in [0.05, 0.1) is 6.61 Å². The Labute approximate surface area is 240 Å². The van der Waals surface area contributed by atoms with E-state index in [2.05, 4.69) is 58.6 Å². The first-order valence-electron chi connectivity index (χ1n) is 13.9. The molecule has 1 aromatic heterocycles. The molecule has 1 aliphatic rings. The van der Waals surface area contributed by atoms with Crippen LogP contribution in [0, 0.1) is 5.82 Å². The van der Waals surface area contributed by atoms with Crippen LogP contribution < -0.4 is 4.74 Å². The summed E-state index contributed by atoms with van der Waals surface area (Å²) >= 11 is 0. The van der Waals surface area contributed by atoms with Gasteiger partial charge in [-0.15, -0.1) is 0 Å². The Bertz CT molecular complexity index is 1420. The number of hydrogen-bond donors (Lipinski definition) is 1. The number of rotatable bonds is 11. The number of hydrogen-bond acceptors (Lipinski definition) is 6. The first-order chi connectivity index (χ1) is 20.1. The molecule has 212 valence electrons. The van der Waals surface area contributed by atoms with E-state index < -0.39 is 11.9 Å². The fourth-order valence-corrected chi connectivity index (χ4v) is 5.17. The summed E-state index contributed by atoms with van der Waals surface area (Å²) in [6.07, 6.45) is 4.48. The largest absolute Gasteiger partial charge is 0.487 e. The first kappa shape index (κ1) is 28.5. The van der Waals surface area contributed by atoms with Crippen molar-refractivity contribution in [2.24, 2.45) is 0 Å². The molecule has 5 rings (SSSR count). The van der Waals surface area contributed by atoms with Crippen LogP contribution in [0.3, 0.4) is 0 Å². The molecule has 3 aromatic carbocycles. The lowest BCUT2D eigenvalue weighted by atomic mass is 9.88. The molecule has 0 saturated carbocycles. The average molecular weight is 555 g/mol. The van der Waals surface area contributed by atoms with Crippen LogP contribution in [-0.4, -0.2) is 54.6 Å².